The Labute approximate surface area is 201 Å². The molecule has 0 amide bonds. The van der Waals surface area contributed by atoms with Gasteiger partial charge in [0.25, 0.3) is 0 Å². The van der Waals surface area contributed by atoms with Crippen LogP contribution in [0.5, 0.6) is 0 Å². The van der Waals surface area contributed by atoms with Crippen LogP contribution >= 0.6 is 0 Å². The van der Waals surface area contributed by atoms with Crippen molar-refractivity contribution in [1.82, 2.24) is 34.3 Å². The second-order valence-electron chi connectivity index (χ2n) is 9.06. The van der Waals surface area contributed by atoms with E-state index in [0.717, 1.165) is 60.5 Å². The number of aliphatic hydroxyl groups is 1. The Morgan fingerprint density at radius 1 is 1.06 bits per heavy atom. The molecule has 1 aromatic carbocycles. The van der Waals surface area contributed by atoms with Crippen LogP contribution in [0.4, 0.5) is 4.39 Å². The van der Waals surface area contributed by atoms with Gasteiger partial charge in [-0.2, -0.15) is 10.2 Å². The van der Waals surface area contributed by atoms with Crippen molar-refractivity contribution in [3.05, 3.63) is 78.3 Å². The predicted octanol–water partition coefficient (Wildman–Crippen LogP) is 3.50. The molecule has 0 saturated carbocycles. The summed E-state index contributed by atoms with van der Waals surface area (Å²) in [7, 11) is 0. The molecule has 1 fully saturated rings. The van der Waals surface area contributed by atoms with Gasteiger partial charge in [0.15, 0.2) is 5.65 Å². The normalized spacial score (nSPS) is 15.4. The predicted molar refractivity (Wildman–Crippen MR) is 131 cm³/mol. The lowest BCUT2D eigenvalue weighted by Crippen LogP contribution is -2.36. The molecule has 1 saturated heterocycles. The highest BCUT2D eigenvalue weighted by Gasteiger charge is 2.21. The number of imidazole rings is 1. The number of hydrogen-bond acceptors (Lipinski definition) is 6. The van der Waals surface area contributed by atoms with E-state index in [-0.39, 0.29) is 12.4 Å². The highest BCUT2D eigenvalue weighted by Crippen LogP contribution is 2.26. The van der Waals surface area contributed by atoms with E-state index in [4.69, 9.17) is 10.2 Å². The lowest BCUT2D eigenvalue weighted by Gasteiger charge is -2.31. The van der Waals surface area contributed by atoms with Gasteiger partial charge >= 0.3 is 0 Å². The molecular formula is C26H26FN7O. The lowest BCUT2D eigenvalue weighted by atomic mass is 10.1. The number of fused-ring (bicyclic) bond motifs is 2. The van der Waals surface area contributed by atoms with Gasteiger partial charge in [-0.05, 0) is 42.7 Å². The van der Waals surface area contributed by atoms with Crippen LogP contribution in [-0.2, 0) is 6.42 Å². The van der Waals surface area contributed by atoms with Gasteiger partial charge in [-0.3, -0.25) is 9.67 Å². The number of likely N-dealkylation sites (tertiary alicyclic amines) is 1. The standard InChI is InChI=1S/C26H26FN7O/c27-23-14-25-18(2-1-7-28-25)12-19(23)13-22-16-29-26-4-3-24(31-34(22)26)20-15-30-33(17-20)21-5-8-32(9-6-21)10-11-35/h1-4,7,12,14-17,21,35H,5-6,8-11,13H2. The van der Waals surface area contributed by atoms with E-state index in [9.17, 15) is 4.39 Å². The van der Waals surface area contributed by atoms with E-state index in [1.807, 2.05) is 47.4 Å². The number of piperidine rings is 1. The topological polar surface area (TPSA) is 84.4 Å². The Bertz CT molecular complexity index is 1490. The quantitative estimate of drug-likeness (QED) is 0.408. The number of hydrogen-bond donors (Lipinski definition) is 1. The van der Waals surface area contributed by atoms with Crippen LogP contribution in [0.3, 0.4) is 0 Å². The minimum Gasteiger partial charge on any atom is -0.395 e. The van der Waals surface area contributed by atoms with Crippen molar-refractivity contribution in [1.29, 1.82) is 0 Å². The molecule has 5 heterocycles. The van der Waals surface area contributed by atoms with Gasteiger partial charge < -0.3 is 10.0 Å². The Morgan fingerprint density at radius 3 is 2.80 bits per heavy atom. The third-order valence-corrected chi connectivity index (χ3v) is 6.82. The number of nitrogens with zero attached hydrogens (tertiary/aromatic N) is 7. The molecule has 1 aliphatic rings. The maximum Gasteiger partial charge on any atom is 0.153 e. The van der Waals surface area contributed by atoms with Crippen molar-refractivity contribution in [3.8, 4) is 11.3 Å². The Balaban J connectivity index is 1.26. The molecule has 178 valence electrons. The van der Waals surface area contributed by atoms with Crippen LogP contribution in [0.1, 0.15) is 30.1 Å². The van der Waals surface area contributed by atoms with Crippen molar-refractivity contribution in [2.45, 2.75) is 25.3 Å². The second-order valence-corrected chi connectivity index (χ2v) is 9.06. The molecule has 8 nitrogen and oxygen atoms in total. The third-order valence-electron chi connectivity index (χ3n) is 6.82. The number of rotatable bonds is 6. The van der Waals surface area contributed by atoms with Gasteiger partial charge in [0, 0.05) is 55.5 Å². The highest BCUT2D eigenvalue weighted by atomic mass is 19.1. The summed E-state index contributed by atoms with van der Waals surface area (Å²) >= 11 is 0. The van der Waals surface area contributed by atoms with Crippen LogP contribution in [0.15, 0.2) is 61.2 Å². The number of pyridine rings is 1. The van der Waals surface area contributed by atoms with Gasteiger partial charge in [0.05, 0.1) is 41.9 Å². The molecule has 0 spiro atoms. The summed E-state index contributed by atoms with van der Waals surface area (Å²) < 4.78 is 18.6. The van der Waals surface area contributed by atoms with Crippen molar-refractivity contribution in [2.75, 3.05) is 26.2 Å². The number of β-amino-alcohol motifs (C(OH)–C–C–N with tert-alkyl or cyclic N) is 1. The van der Waals surface area contributed by atoms with Crippen LogP contribution in [0.25, 0.3) is 27.8 Å². The average molecular weight is 472 g/mol. The minimum absolute atomic E-state index is 0.200. The van der Waals surface area contributed by atoms with Gasteiger partial charge in [0.1, 0.15) is 5.82 Å². The summed E-state index contributed by atoms with van der Waals surface area (Å²) in [6.07, 6.45) is 9.70. The summed E-state index contributed by atoms with van der Waals surface area (Å²) in [6, 6.07) is 11.3. The molecule has 0 radical (unpaired) electrons. The molecule has 5 aromatic rings. The monoisotopic (exact) mass is 471 g/mol. The number of halogens is 1. The summed E-state index contributed by atoms with van der Waals surface area (Å²) in [4.78, 5) is 11.0. The number of benzene rings is 1. The second kappa shape index (κ2) is 9.16. The molecule has 9 heteroatoms. The van der Waals surface area contributed by atoms with Crippen LogP contribution in [0.2, 0.25) is 0 Å². The van der Waals surface area contributed by atoms with Crippen LogP contribution < -0.4 is 0 Å². The van der Waals surface area contributed by atoms with Gasteiger partial charge in [-0.15, -0.1) is 0 Å². The molecule has 4 aromatic heterocycles. The van der Waals surface area contributed by atoms with E-state index in [2.05, 4.69) is 20.0 Å². The summed E-state index contributed by atoms with van der Waals surface area (Å²) in [5.41, 5.74) is 4.49. The van der Waals surface area contributed by atoms with Gasteiger partial charge in [0.2, 0.25) is 0 Å². The molecular weight excluding hydrogens is 445 g/mol. The molecule has 6 rings (SSSR count). The van der Waals surface area contributed by atoms with Crippen LogP contribution in [0, 0.1) is 5.82 Å². The molecule has 1 aliphatic heterocycles. The van der Waals surface area contributed by atoms with Gasteiger partial charge in [-0.25, -0.2) is 13.9 Å². The third kappa shape index (κ3) is 4.28. The maximum absolute atomic E-state index is 14.8. The van der Waals surface area contributed by atoms with E-state index in [0.29, 0.717) is 23.5 Å². The van der Waals surface area contributed by atoms with Crippen molar-refractivity contribution in [3.63, 3.8) is 0 Å². The molecule has 0 unspecified atom stereocenters. The zero-order valence-electron chi connectivity index (χ0n) is 19.3. The van der Waals surface area contributed by atoms with E-state index in [1.54, 1.807) is 16.9 Å². The fourth-order valence-electron chi connectivity index (χ4n) is 4.89. The van der Waals surface area contributed by atoms with Gasteiger partial charge in [-0.1, -0.05) is 6.07 Å². The summed E-state index contributed by atoms with van der Waals surface area (Å²) in [6.45, 7) is 2.86. The van der Waals surface area contributed by atoms with Crippen molar-refractivity contribution < 1.29 is 9.50 Å². The average Bonchev–Trinajstić information content (AvgIpc) is 3.53. The Kier molecular flexibility index (Phi) is 5.71. The largest absolute Gasteiger partial charge is 0.395 e. The zero-order chi connectivity index (χ0) is 23.8. The van der Waals surface area contributed by atoms with Crippen molar-refractivity contribution >= 4 is 16.6 Å². The van der Waals surface area contributed by atoms with Crippen LogP contribution in [-0.4, -0.2) is 65.6 Å². The van der Waals surface area contributed by atoms with Crippen molar-refractivity contribution in [2.24, 2.45) is 0 Å². The fraction of sp³-hybridized carbons (Fsp3) is 0.308. The first kappa shape index (κ1) is 21.8. The fourth-order valence-corrected chi connectivity index (χ4v) is 4.89. The molecule has 0 aliphatic carbocycles. The first-order chi connectivity index (χ1) is 17.2. The van der Waals surface area contributed by atoms with E-state index in [1.165, 1.54) is 6.07 Å². The van der Waals surface area contributed by atoms with E-state index >= 15 is 0 Å². The maximum atomic E-state index is 14.8. The Morgan fingerprint density at radius 2 is 1.94 bits per heavy atom. The first-order valence-corrected chi connectivity index (χ1v) is 11.9. The molecule has 0 atom stereocenters. The molecule has 1 N–H and O–H groups in total. The first-order valence-electron chi connectivity index (χ1n) is 11.9. The summed E-state index contributed by atoms with van der Waals surface area (Å²) in [5, 5.41) is 19.5. The van der Waals surface area contributed by atoms with E-state index < -0.39 is 0 Å². The molecule has 0 bridgehead atoms. The Hall–Kier alpha value is -3.69. The molecule has 35 heavy (non-hydrogen) atoms. The minimum atomic E-state index is -0.284. The summed E-state index contributed by atoms with van der Waals surface area (Å²) in [5.74, 6) is -0.284. The number of aromatic nitrogens is 6. The SMILES string of the molecule is OCCN1CCC(n2cc(-c3ccc4ncc(Cc5cc6cccnc6cc5F)n4n3)cn2)CC1. The smallest absolute Gasteiger partial charge is 0.153 e. The zero-order valence-corrected chi connectivity index (χ0v) is 19.3. The highest BCUT2D eigenvalue weighted by molar-refractivity contribution is 5.79. The number of aliphatic hydroxyl groups excluding tert-OH is 1. The lowest BCUT2D eigenvalue weighted by molar-refractivity contribution is 0.146.